The van der Waals surface area contributed by atoms with Crippen LogP contribution in [0.4, 0.5) is 8.78 Å². The van der Waals surface area contributed by atoms with Gasteiger partial charge in [-0.25, -0.2) is 8.78 Å². The van der Waals surface area contributed by atoms with Crippen LogP contribution in [-0.2, 0) is 0 Å². The number of halogens is 3. The summed E-state index contributed by atoms with van der Waals surface area (Å²) in [4.78, 5) is 0. The molecular weight excluding hydrogens is 166 g/mol. The van der Waals surface area contributed by atoms with Crippen LogP contribution in [0.2, 0.25) is 0 Å². The summed E-state index contributed by atoms with van der Waals surface area (Å²) in [7, 11) is 0. The lowest BCUT2D eigenvalue weighted by Crippen LogP contribution is -1.78. The third kappa shape index (κ3) is 6.08. The Kier molecular flexibility index (Phi) is 4.29. The van der Waals surface area contributed by atoms with Crippen LogP contribution < -0.4 is 0 Å². The number of hydrogen-bond donors (Lipinski definition) is 0. The third-order valence-electron chi connectivity index (χ3n) is 0.371. The molecule has 0 aromatic carbocycles. The first-order valence-electron chi connectivity index (χ1n) is 1.78. The van der Waals surface area contributed by atoms with Crippen molar-refractivity contribution in [1.82, 2.24) is 0 Å². The van der Waals surface area contributed by atoms with Gasteiger partial charge in [0.2, 0.25) is 0 Å². The van der Waals surface area contributed by atoms with Gasteiger partial charge in [0.05, 0.1) is 0 Å². The second-order valence-electron chi connectivity index (χ2n) is 0.917. The van der Waals surface area contributed by atoms with Crippen LogP contribution in [0, 0.1) is 0 Å². The second-order valence-corrected chi connectivity index (χ2v) is 1.56. The number of allylic oxidation sites excluding steroid dienone is 2. The average Bonchev–Trinajstić information content (AvgIpc) is 1.61. The van der Waals surface area contributed by atoms with E-state index in [0.29, 0.717) is 5.33 Å². The quantitative estimate of drug-likeness (QED) is 0.441. The first-order chi connectivity index (χ1) is 3.27. The number of hydrogen-bond acceptors (Lipinski definition) is 0. The van der Waals surface area contributed by atoms with Crippen LogP contribution in [0.15, 0.2) is 12.2 Å². The van der Waals surface area contributed by atoms with Gasteiger partial charge in [-0.3, -0.25) is 0 Å². The van der Waals surface area contributed by atoms with Gasteiger partial charge in [0.25, 0.3) is 6.43 Å². The largest absolute Gasteiger partial charge is 0.257 e. The minimum absolute atomic E-state index is 0.497. The van der Waals surface area contributed by atoms with Crippen LogP contribution in [0.5, 0.6) is 0 Å². The molecule has 0 unspecified atom stereocenters. The van der Waals surface area contributed by atoms with Gasteiger partial charge in [0.1, 0.15) is 0 Å². The molecule has 0 N–H and O–H groups in total. The molecular formula is C4H5BrF2. The Morgan fingerprint density at radius 2 is 2.14 bits per heavy atom. The van der Waals surface area contributed by atoms with Crippen molar-refractivity contribution in [2.45, 2.75) is 6.43 Å². The minimum atomic E-state index is -2.31. The van der Waals surface area contributed by atoms with E-state index in [-0.39, 0.29) is 0 Å². The Labute approximate surface area is 49.3 Å². The van der Waals surface area contributed by atoms with Gasteiger partial charge >= 0.3 is 0 Å². The predicted octanol–water partition coefficient (Wildman–Crippen LogP) is 2.20. The second kappa shape index (κ2) is 4.24. The highest BCUT2D eigenvalue weighted by Crippen LogP contribution is 1.93. The maximum atomic E-state index is 11.1. The smallest absolute Gasteiger partial charge is 0.206 e. The molecule has 0 amide bonds. The molecule has 7 heavy (non-hydrogen) atoms. The van der Waals surface area contributed by atoms with E-state index in [2.05, 4.69) is 15.9 Å². The van der Waals surface area contributed by atoms with Crippen molar-refractivity contribution in [3.05, 3.63) is 12.2 Å². The average molecular weight is 171 g/mol. The normalized spacial score (nSPS) is 11.4. The molecule has 0 saturated carbocycles. The fourth-order valence-electron chi connectivity index (χ4n) is 0.154. The summed E-state index contributed by atoms with van der Waals surface area (Å²) >= 11 is 2.96. The highest BCUT2D eigenvalue weighted by Gasteiger charge is 1.89. The zero-order valence-electron chi connectivity index (χ0n) is 3.57. The van der Waals surface area contributed by atoms with Crippen molar-refractivity contribution in [2.24, 2.45) is 0 Å². The van der Waals surface area contributed by atoms with Crippen LogP contribution in [0.1, 0.15) is 0 Å². The summed E-state index contributed by atoms with van der Waals surface area (Å²) < 4.78 is 22.2. The molecule has 3 heteroatoms. The maximum absolute atomic E-state index is 11.1. The van der Waals surface area contributed by atoms with E-state index in [1.165, 1.54) is 6.08 Å². The molecule has 0 aliphatic heterocycles. The molecule has 0 fully saturated rings. The van der Waals surface area contributed by atoms with Crippen molar-refractivity contribution in [3.8, 4) is 0 Å². The van der Waals surface area contributed by atoms with Crippen LogP contribution in [0.25, 0.3) is 0 Å². The van der Waals surface area contributed by atoms with E-state index < -0.39 is 6.43 Å². The Morgan fingerprint density at radius 1 is 1.57 bits per heavy atom. The van der Waals surface area contributed by atoms with Crippen molar-refractivity contribution in [1.29, 1.82) is 0 Å². The van der Waals surface area contributed by atoms with Gasteiger partial charge in [-0.1, -0.05) is 22.0 Å². The highest BCUT2D eigenvalue weighted by molar-refractivity contribution is 9.09. The predicted molar refractivity (Wildman–Crippen MR) is 28.9 cm³/mol. The van der Waals surface area contributed by atoms with E-state index in [1.54, 1.807) is 0 Å². The molecule has 0 nitrogen and oxygen atoms in total. The summed E-state index contributed by atoms with van der Waals surface area (Å²) in [5, 5.41) is 0.497. The Morgan fingerprint density at radius 3 is 2.29 bits per heavy atom. The molecule has 0 aromatic rings. The molecule has 0 spiro atoms. The summed E-state index contributed by atoms with van der Waals surface area (Å²) in [6.07, 6.45) is -0.100. The SMILES string of the molecule is FC(F)C=CCBr. The van der Waals surface area contributed by atoms with Gasteiger partial charge in [0, 0.05) is 5.33 Å². The number of rotatable bonds is 2. The summed E-state index contributed by atoms with van der Waals surface area (Å²) in [6, 6.07) is 0. The molecule has 0 heterocycles. The third-order valence-corrected chi connectivity index (χ3v) is 0.744. The minimum Gasteiger partial charge on any atom is -0.206 e. The Bertz CT molecular complexity index is 60.7. The molecule has 0 aliphatic carbocycles. The van der Waals surface area contributed by atoms with Gasteiger partial charge in [-0.2, -0.15) is 0 Å². The molecule has 0 aromatic heterocycles. The molecule has 0 saturated heterocycles. The van der Waals surface area contributed by atoms with E-state index >= 15 is 0 Å². The van der Waals surface area contributed by atoms with Gasteiger partial charge in [0.15, 0.2) is 0 Å². The fraction of sp³-hybridized carbons (Fsp3) is 0.500. The highest BCUT2D eigenvalue weighted by atomic mass is 79.9. The molecule has 0 rings (SSSR count). The molecule has 0 bridgehead atoms. The maximum Gasteiger partial charge on any atom is 0.257 e. The molecule has 0 aliphatic rings. The lowest BCUT2D eigenvalue weighted by Gasteiger charge is -1.80. The van der Waals surface area contributed by atoms with Crippen molar-refractivity contribution in [3.63, 3.8) is 0 Å². The van der Waals surface area contributed by atoms with Crippen LogP contribution >= 0.6 is 15.9 Å². The van der Waals surface area contributed by atoms with E-state index in [4.69, 9.17) is 0 Å². The van der Waals surface area contributed by atoms with Gasteiger partial charge in [-0.15, -0.1) is 0 Å². The van der Waals surface area contributed by atoms with Gasteiger partial charge < -0.3 is 0 Å². The summed E-state index contributed by atoms with van der Waals surface area (Å²) in [5.74, 6) is 0. The summed E-state index contributed by atoms with van der Waals surface area (Å²) in [6.45, 7) is 0. The van der Waals surface area contributed by atoms with Gasteiger partial charge in [-0.05, 0) is 6.08 Å². The van der Waals surface area contributed by atoms with Crippen molar-refractivity contribution >= 4 is 15.9 Å². The zero-order valence-corrected chi connectivity index (χ0v) is 5.16. The van der Waals surface area contributed by atoms with Crippen molar-refractivity contribution < 1.29 is 8.78 Å². The first kappa shape index (κ1) is 7.08. The molecule has 0 radical (unpaired) electrons. The molecule has 42 valence electrons. The molecule has 0 atom stereocenters. The monoisotopic (exact) mass is 170 g/mol. The van der Waals surface area contributed by atoms with Crippen LogP contribution in [0.3, 0.4) is 0 Å². The van der Waals surface area contributed by atoms with E-state index in [1.807, 2.05) is 0 Å². The summed E-state index contributed by atoms with van der Waals surface area (Å²) in [5.41, 5.74) is 0. The van der Waals surface area contributed by atoms with E-state index in [9.17, 15) is 8.78 Å². The van der Waals surface area contributed by atoms with E-state index in [0.717, 1.165) is 6.08 Å². The first-order valence-corrected chi connectivity index (χ1v) is 2.90. The lowest BCUT2D eigenvalue weighted by molar-refractivity contribution is 0.204. The fourth-order valence-corrected chi connectivity index (χ4v) is 0.370. The Hall–Kier alpha value is 0.0800. The standard InChI is InChI=1S/C4H5BrF2/c5-3-1-2-4(6)7/h1-2,4H,3H2. The topological polar surface area (TPSA) is 0 Å². The number of alkyl halides is 3. The Balaban J connectivity index is 3.08. The zero-order chi connectivity index (χ0) is 5.70. The van der Waals surface area contributed by atoms with Crippen LogP contribution in [-0.4, -0.2) is 11.8 Å². The van der Waals surface area contributed by atoms with Crippen molar-refractivity contribution in [2.75, 3.05) is 5.33 Å². The lowest BCUT2D eigenvalue weighted by atomic mass is 10.5.